The normalized spacial score (nSPS) is 11.5. The van der Waals surface area contributed by atoms with Crippen molar-refractivity contribution in [3.63, 3.8) is 0 Å². The van der Waals surface area contributed by atoms with Gasteiger partial charge in [-0.1, -0.05) is 60.7 Å². The van der Waals surface area contributed by atoms with Gasteiger partial charge in [0.05, 0.1) is 5.69 Å². The van der Waals surface area contributed by atoms with Crippen LogP contribution in [0.2, 0.25) is 0 Å². The Balaban J connectivity index is 1.77. The van der Waals surface area contributed by atoms with Gasteiger partial charge < -0.3 is 10.1 Å². The number of carbonyl (C=O) groups is 2. The Morgan fingerprint density at radius 3 is 2.22 bits per heavy atom. The summed E-state index contributed by atoms with van der Waals surface area (Å²) in [5, 5.41) is 2.82. The van der Waals surface area contributed by atoms with Crippen LogP contribution in [0, 0.1) is 6.92 Å². The number of hydrogen-bond acceptors (Lipinski definition) is 3. The van der Waals surface area contributed by atoms with E-state index in [9.17, 15) is 9.59 Å². The van der Waals surface area contributed by atoms with Crippen LogP contribution in [0.5, 0.6) is 5.75 Å². The molecular formula is C23H21NO3. The predicted molar refractivity (Wildman–Crippen MR) is 106 cm³/mol. The minimum absolute atomic E-state index is 0.140. The van der Waals surface area contributed by atoms with Gasteiger partial charge in [0.15, 0.2) is 11.9 Å². The van der Waals surface area contributed by atoms with E-state index in [1.165, 1.54) is 0 Å². The molecule has 3 aromatic rings. The summed E-state index contributed by atoms with van der Waals surface area (Å²) in [6.07, 6.45) is -0.703. The molecule has 0 aliphatic carbocycles. The second-order valence-electron chi connectivity index (χ2n) is 6.26. The second kappa shape index (κ2) is 8.32. The van der Waals surface area contributed by atoms with Crippen molar-refractivity contribution < 1.29 is 14.3 Å². The van der Waals surface area contributed by atoms with Gasteiger partial charge in [0.2, 0.25) is 0 Å². The van der Waals surface area contributed by atoms with Crippen LogP contribution in [0.3, 0.4) is 0 Å². The molecule has 1 N–H and O–H groups in total. The number of aryl methyl sites for hydroxylation is 1. The third-order valence-corrected chi connectivity index (χ3v) is 4.23. The summed E-state index contributed by atoms with van der Waals surface area (Å²) in [6.45, 7) is 3.61. The van der Waals surface area contributed by atoms with Crippen LogP contribution >= 0.6 is 0 Å². The second-order valence-corrected chi connectivity index (χ2v) is 6.26. The summed E-state index contributed by atoms with van der Waals surface area (Å²) in [6, 6.07) is 23.5. The SMILES string of the molecule is Cc1ccccc1O[C@@H](C)C(=O)Nc1ccccc1C(=O)c1ccccc1. The van der Waals surface area contributed by atoms with E-state index in [1.54, 1.807) is 43.3 Å². The van der Waals surface area contributed by atoms with Crippen LogP contribution in [0.15, 0.2) is 78.9 Å². The summed E-state index contributed by atoms with van der Waals surface area (Å²) in [5.74, 6) is 0.208. The lowest BCUT2D eigenvalue weighted by Gasteiger charge is -2.17. The van der Waals surface area contributed by atoms with Crippen molar-refractivity contribution in [3.8, 4) is 5.75 Å². The topological polar surface area (TPSA) is 55.4 Å². The number of ether oxygens (including phenoxy) is 1. The molecule has 3 aromatic carbocycles. The van der Waals surface area contributed by atoms with E-state index in [-0.39, 0.29) is 11.7 Å². The molecule has 0 radical (unpaired) electrons. The molecular weight excluding hydrogens is 338 g/mol. The highest BCUT2D eigenvalue weighted by atomic mass is 16.5. The van der Waals surface area contributed by atoms with Gasteiger partial charge in [-0.2, -0.15) is 0 Å². The van der Waals surface area contributed by atoms with Gasteiger partial charge >= 0.3 is 0 Å². The maximum absolute atomic E-state index is 12.8. The van der Waals surface area contributed by atoms with Crippen molar-refractivity contribution in [1.82, 2.24) is 0 Å². The molecule has 0 fully saturated rings. The zero-order chi connectivity index (χ0) is 19.2. The van der Waals surface area contributed by atoms with Crippen LogP contribution in [0.4, 0.5) is 5.69 Å². The van der Waals surface area contributed by atoms with Gasteiger partial charge in [-0.25, -0.2) is 0 Å². The number of hydrogen-bond donors (Lipinski definition) is 1. The van der Waals surface area contributed by atoms with Crippen LogP contribution in [0.1, 0.15) is 28.4 Å². The molecule has 27 heavy (non-hydrogen) atoms. The van der Waals surface area contributed by atoms with E-state index in [4.69, 9.17) is 4.74 Å². The molecule has 0 saturated carbocycles. The van der Waals surface area contributed by atoms with E-state index in [2.05, 4.69) is 5.32 Å². The fraction of sp³-hybridized carbons (Fsp3) is 0.130. The first-order valence-corrected chi connectivity index (χ1v) is 8.78. The number of ketones is 1. The Bertz CT molecular complexity index is 951. The molecule has 4 nitrogen and oxygen atoms in total. The molecule has 0 unspecified atom stereocenters. The van der Waals surface area contributed by atoms with Gasteiger partial charge in [-0.15, -0.1) is 0 Å². The first-order valence-electron chi connectivity index (χ1n) is 8.78. The van der Waals surface area contributed by atoms with Crippen molar-refractivity contribution in [1.29, 1.82) is 0 Å². The lowest BCUT2D eigenvalue weighted by molar-refractivity contribution is -0.122. The zero-order valence-corrected chi connectivity index (χ0v) is 15.3. The maximum Gasteiger partial charge on any atom is 0.265 e. The Morgan fingerprint density at radius 1 is 0.852 bits per heavy atom. The first-order chi connectivity index (χ1) is 13.1. The van der Waals surface area contributed by atoms with Crippen LogP contribution < -0.4 is 10.1 Å². The standard InChI is InChI=1S/C23H21NO3/c1-16-10-6-9-15-21(16)27-17(2)23(26)24-20-14-8-7-13-19(20)22(25)18-11-4-3-5-12-18/h3-15,17H,1-2H3,(H,24,26)/t17-/m0/s1. The molecule has 0 bridgehead atoms. The van der Waals surface area contributed by atoms with E-state index < -0.39 is 6.10 Å². The number of carbonyl (C=O) groups excluding carboxylic acids is 2. The minimum Gasteiger partial charge on any atom is -0.481 e. The number of nitrogens with one attached hydrogen (secondary N) is 1. The molecule has 1 amide bonds. The molecule has 0 aliphatic heterocycles. The average molecular weight is 359 g/mol. The van der Waals surface area contributed by atoms with Gasteiger partial charge in [0.25, 0.3) is 5.91 Å². The lowest BCUT2D eigenvalue weighted by Crippen LogP contribution is -2.31. The molecule has 0 saturated heterocycles. The highest BCUT2D eigenvalue weighted by Gasteiger charge is 2.19. The van der Waals surface area contributed by atoms with Crippen LogP contribution in [-0.2, 0) is 4.79 Å². The van der Waals surface area contributed by atoms with Crippen molar-refractivity contribution in [3.05, 3.63) is 95.6 Å². The Morgan fingerprint density at radius 2 is 1.48 bits per heavy atom. The summed E-state index contributed by atoms with van der Waals surface area (Å²) in [5.41, 5.74) is 2.44. The molecule has 0 spiro atoms. The Hall–Kier alpha value is -3.40. The van der Waals surface area contributed by atoms with E-state index >= 15 is 0 Å². The van der Waals surface area contributed by atoms with E-state index in [1.807, 2.05) is 49.4 Å². The predicted octanol–water partition coefficient (Wildman–Crippen LogP) is 4.63. The van der Waals surface area contributed by atoms with Crippen molar-refractivity contribution in [2.45, 2.75) is 20.0 Å². The largest absolute Gasteiger partial charge is 0.481 e. The van der Waals surface area contributed by atoms with Gasteiger partial charge in [-0.3, -0.25) is 9.59 Å². The number of anilines is 1. The van der Waals surface area contributed by atoms with E-state index in [0.717, 1.165) is 5.56 Å². The molecule has 1 atom stereocenters. The molecule has 0 aromatic heterocycles. The van der Waals surface area contributed by atoms with Crippen molar-refractivity contribution in [2.75, 3.05) is 5.32 Å². The number of rotatable bonds is 6. The van der Waals surface area contributed by atoms with Crippen LogP contribution in [0.25, 0.3) is 0 Å². The monoisotopic (exact) mass is 359 g/mol. The smallest absolute Gasteiger partial charge is 0.265 e. The highest BCUT2D eigenvalue weighted by Crippen LogP contribution is 2.21. The minimum atomic E-state index is -0.703. The highest BCUT2D eigenvalue weighted by molar-refractivity contribution is 6.14. The molecule has 0 heterocycles. The average Bonchev–Trinajstić information content (AvgIpc) is 2.70. The summed E-state index contributed by atoms with van der Waals surface area (Å²) >= 11 is 0. The summed E-state index contributed by atoms with van der Waals surface area (Å²) < 4.78 is 5.77. The first kappa shape index (κ1) is 18.4. The molecule has 4 heteroatoms. The number of benzene rings is 3. The fourth-order valence-electron chi connectivity index (χ4n) is 2.70. The third kappa shape index (κ3) is 4.42. The fourth-order valence-corrected chi connectivity index (χ4v) is 2.70. The number of para-hydroxylation sites is 2. The summed E-state index contributed by atoms with van der Waals surface area (Å²) in [7, 11) is 0. The van der Waals surface area contributed by atoms with Crippen molar-refractivity contribution >= 4 is 17.4 Å². The van der Waals surface area contributed by atoms with Crippen molar-refractivity contribution in [2.24, 2.45) is 0 Å². The van der Waals surface area contributed by atoms with Gasteiger partial charge in [0, 0.05) is 11.1 Å². The van der Waals surface area contributed by atoms with Gasteiger partial charge in [-0.05, 0) is 37.6 Å². The van der Waals surface area contributed by atoms with Gasteiger partial charge in [0.1, 0.15) is 5.75 Å². The Labute approximate surface area is 158 Å². The Kier molecular flexibility index (Phi) is 5.67. The third-order valence-electron chi connectivity index (χ3n) is 4.23. The number of amides is 1. The summed E-state index contributed by atoms with van der Waals surface area (Å²) in [4.78, 5) is 25.4. The quantitative estimate of drug-likeness (QED) is 0.653. The lowest BCUT2D eigenvalue weighted by atomic mass is 10.0. The molecule has 0 aliphatic rings. The maximum atomic E-state index is 12.8. The molecule has 3 rings (SSSR count). The van der Waals surface area contributed by atoms with Crippen LogP contribution in [-0.4, -0.2) is 17.8 Å². The molecule has 136 valence electrons. The zero-order valence-electron chi connectivity index (χ0n) is 15.3. The van der Waals surface area contributed by atoms with E-state index in [0.29, 0.717) is 22.6 Å².